The van der Waals surface area contributed by atoms with E-state index < -0.39 is 6.10 Å². The molecule has 0 spiro atoms. The van der Waals surface area contributed by atoms with Crippen LogP contribution in [-0.4, -0.2) is 16.2 Å². The Labute approximate surface area is 126 Å². The molecule has 0 aliphatic heterocycles. The molecule has 1 N–H and O–H groups in total. The van der Waals surface area contributed by atoms with Gasteiger partial charge in [-0.3, -0.25) is 4.98 Å². The van der Waals surface area contributed by atoms with Crippen LogP contribution < -0.4 is 4.74 Å². The predicted octanol–water partition coefficient (Wildman–Crippen LogP) is 3.84. The van der Waals surface area contributed by atoms with Crippen LogP contribution in [0, 0.1) is 6.92 Å². The molecule has 2 rings (SSSR count). The first-order valence-corrected chi connectivity index (χ1v) is 7.40. The highest BCUT2D eigenvalue weighted by atomic mass is 16.5. The van der Waals surface area contributed by atoms with Crippen LogP contribution in [0.4, 0.5) is 0 Å². The van der Waals surface area contributed by atoms with Crippen LogP contribution in [0.15, 0.2) is 42.7 Å². The number of aromatic nitrogens is 1. The Hall–Kier alpha value is -1.87. The van der Waals surface area contributed by atoms with Crippen LogP contribution in [-0.2, 0) is 6.42 Å². The normalized spacial score (nSPS) is 12.4. The summed E-state index contributed by atoms with van der Waals surface area (Å²) in [6.07, 6.45) is 4.48. The van der Waals surface area contributed by atoms with E-state index in [0.29, 0.717) is 12.2 Å². The van der Waals surface area contributed by atoms with E-state index in [1.54, 1.807) is 12.4 Å². The Kier molecular flexibility index (Phi) is 5.34. The zero-order valence-electron chi connectivity index (χ0n) is 12.9. The van der Waals surface area contributed by atoms with Crippen LogP contribution in [0.2, 0.25) is 0 Å². The number of aliphatic hydroxyl groups is 1. The fourth-order valence-corrected chi connectivity index (χ4v) is 2.18. The lowest BCUT2D eigenvalue weighted by Gasteiger charge is -2.14. The number of ether oxygens (including phenoxy) is 1. The van der Waals surface area contributed by atoms with Crippen LogP contribution in [0.25, 0.3) is 0 Å². The molecule has 0 aliphatic carbocycles. The van der Waals surface area contributed by atoms with Crippen molar-refractivity contribution in [1.29, 1.82) is 0 Å². The first-order valence-electron chi connectivity index (χ1n) is 7.40. The van der Waals surface area contributed by atoms with Gasteiger partial charge in [0.05, 0.1) is 18.4 Å². The van der Waals surface area contributed by atoms with Crippen molar-refractivity contribution >= 4 is 0 Å². The molecule has 1 aromatic carbocycles. The minimum atomic E-state index is -0.519. The van der Waals surface area contributed by atoms with Gasteiger partial charge < -0.3 is 9.84 Å². The van der Waals surface area contributed by atoms with Crippen molar-refractivity contribution in [2.24, 2.45) is 0 Å². The topological polar surface area (TPSA) is 42.4 Å². The van der Waals surface area contributed by atoms with Gasteiger partial charge in [0.1, 0.15) is 5.75 Å². The summed E-state index contributed by atoms with van der Waals surface area (Å²) in [5.74, 6) is 0.705. The molecule has 3 nitrogen and oxygen atoms in total. The Morgan fingerprint density at radius 3 is 2.52 bits per heavy atom. The van der Waals surface area contributed by atoms with E-state index >= 15 is 0 Å². The van der Waals surface area contributed by atoms with Crippen molar-refractivity contribution in [2.75, 3.05) is 0 Å². The molecule has 0 radical (unpaired) electrons. The molecular formula is C18H23NO2. The highest BCUT2D eigenvalue weighted by Gasteiger charge is 2.10. The number of aryl methyl sites for hydroxylation is 2. The largest absolute Gasteiger partial charge is 0.489 e. The minimum Gasteiger partial charge on any atom is -0.489 e. The quantitative estimate of drug-likeness (QED) is 0.876. The summed E-state index contributed by atoms with van der Waals surface area (Å²) < 4.78 is 5.61. The zero-order valence-corrected chi connectivity index (χ0v) is 12.9. The highest BCUT2D eigenvalue weighted by molar-refractivity contribution is 5.26. The van der Waals surface area contributed by atoms with Gasteiger partial charge in [-0.2, -0.15) is 0 Å². The molecule has 0 bridgehead atoms. The Bertz CT molecular complexity index is 564. The van der Waals surface area contributed by atoms with E-state index in [-0.39, 0.29) is 6.10 Å². The van der Waals surface area contributed by atoms with Gasteiger partial charge in [0, 0.05) is 11.8 Å². The third-order valence-electron chi connectivity index (χ3n) is 3.32. The molecule has 1 heterocycles. The molecule has 3 heteroatoms. The first kappa shape index (κ1) is 15.5. The Morgan fingerprint density at radius 2 is 1.86 bits per heavy atom. The second-order valence-corrected chi connectivity index (χ2v) is 5.66. The second kappa shape index (κ2) is 7.23. The Balaban J connectivity index is 1.96. The van der Waals surface area contributed by atoms with Crippen molar-refractivity contribution in [3.8, 4) is 5.75 Å². The van der Waals surface area contributed by atoms with E-state index in [2.05, 4.69) is 36.2 Å². The maximum atomic E-state index is 10.3. The number of benzene rings is 1. The van der Waals surface area contributed by atoms with Crippen molar-refractivity contribution in [1.82, 2.24) is 4.98 Å². The SMILES string of the molecule is Cc1ccc(CCC(O)c2cncc(OC(C)C)c2)cc1. The van der Waals surface area contributed by atoms with Gasteiger partial charge in [-0.05, 0) is 45.2 Å². The van der Waals surface area contributed by atoms with E-state index in [1.165, 1.54) is 11.1 Å². The lowest BCUT2D eigenvalue weighted by molar-refractivity contribution is 0.166. The lowest BCUT2D eigenvalue weighted by Crippen LogP contribution is -2.07. The fraction of sp³-hybridized carbons (Fsp3) is 0.389. The maximum Gasteiger partial charge on any atom is 0.138 e. The third-order valence-corrected chi connectivity index (χ3v) is 3.32. The number of rotatable bonds is 6. The molecule has 0 saturated heterocycles. The average Bonchev–Trinajstić information content (AvgIpc) is 2.46. The van der Waals surface area contributed by atoms with E-state index in [4.69, 9.17) is 4.74 Å². The average molecular weight is 285 g/mol. The van der Waals surface area contributed by atoms with Crippen molar-refractivity contribution in [3.05, 3.63) is 59.4 Å². The van der Waals surface area contributed by atoms with E-state index in [1.807, 2.05) is 19.9 Å². The zero-order chi connectivity index (χ0) is 15.2. The first-order chi connectivity index (χ1) is 10.0. The van der Waals surface area contributed by atoms with Crippen LogP contribution in [0.5, 0.6) is 5.75 Å². The summed E-state index contributed by atoms with van der Waals surface area (Å²) in [5, 5.41) is 10.3. The van der Waals surface area contributed by atoms with E-state index in [9.17, 15) is 5.11 Å². The number of hydrogen-bond acceptors (Lipinski definition) is 3. The minimum absolute atomic E-state index is 0.103. The molecule has 21 heavy (non-hydrogen) atoms. The van der Waals surface area contributed by atoms with Gasteiger partial charge in [-0.15, -0.1) is 0 Å². The molecule has 2 aromatic rings. The number of pyridine rings is 1. The van der Waals surface area contributed by atoms with Gasteiger partial charge in [-0.1, -0.05) is 29.8 Å². The molecule has 1 atom stereocenters. The predicted molar refractivity (Wildman–Crippen MR) is 84.5 cm³/mol. The Morgan fingerprint density at radius 1 is 1.14 bits per heavy atom. The highest BCUT2D eigenvalue weighted by Crippen LogP contribution is 2.22. The summed E-state index contributed by atoms with van der Waals surface area (Å²) in [4.78, 5) is 4.14. The van der Waals surface area contributed by atoms with Gasteiger partial charge in [0.25, 0.3) is 0 Å². The van der Waals surface area contributed by atoms with Crippen molar-refractivity contribution < 1.29 is 9.84 Å². The third kappa shape index (κ3) is 4.87. The van der Waals surface area contributed by atoms with Gasteiger partial charge in [0.2, 0.25) is 0 Å². The number of hydrogen-bond donors (Lipinski definition) is 1. The second-order valence-electron chi connectivity index (χ2n) is 5.66. The van der Waals surface area contributed by atoms with Crippen LogP contribution >= 0.6 is 0 Å². The summed E-state index contributed by atoms with van der Waals surface area (Å²) in [5.41, 5.74) is 3.30. The standard InChI is InChI=1S/C18H23NO2/c1-13(2)21-17-10-16(11-19-12-17)18(20)9-8-15-6-4-14(3)5-7-15/h4-7,10-13,18,20H,8-9H2,1-3H3. The van der Waals surface area contributed by atoms with Gasteiger partial charge in [0.15, 0.2) is 0 Å². The molecule has 0 fully saturated rings. The molecule has 1 aromatic heterocycles. The number of aliphatic hydroxyl groups excluding tert-OH is 1. The van der Waals surface area contributed by atoms with Crippen molar-refractivity contribution in [3.63, 3.8) is 0 Å². The summed E-state index contributed by atoms with van der Waals surface area (Å²) >= 11 is 0. The maximum absolute atomic E-state index is 10.3. The molecule has 0 amide bonds. The molecule has 0 aliphatic rings. The number of nitrogens with zero attached hydrogens (tertiary/aromatic N) is 1. The smallest absolute Gasteiger partial charge is 0.138 e. The van der Waals surface area contributed by atoms with Crippen LogP contribution in [0.3, 0.4) is 0 Å². The molecule has 1 unspecified atom stereocenters. The van der Waals surface area contributed by atoms with E-state index in [0.717, 1.165) is 12.0 Å². The van der Waals surface area contributed by atoms with Crippen LogP contribution in [0.1, 0.15) is 43.1 Å². The van der Waals surface area contributed by atoms with Crippen molar-refractivity contribution in [2.45, 2.75) is 45.8 Å². The molecule has 112 valence electrons. The van der Waals surface area contributed by atoms with Gasteiger partial charge in [-0.25, -0.2) is 0 Å². The summed E-state index contributed by atoms with van der Waals surface area (Å²) in [6, 6.07) is 10.3. The molecular weight excluding hydrogens is 262 g/mol. The fourth-order valence-electron chi connectivity index (χ4n) is 2.18. The lowest BCUT2D eigenvalue weighted by atomic mass is 10.0. The molecule has 0 saturated carbocycles. The summed E-state index contributed by atoms with van der Waals surface area (Å²) in [6.45, 7) is 6.02. The van der Waals surface area contributed by atoms with Gasteiger partial charge >= 0.3 is 0 Å². The summed E-state index contributed by atoms with van der Waals surface area (Å²) in [7, 11) is 0. The monoisotopic (exact) mass is 285 g/mol.